The first kappa shape index (κ1) is 13.7. The zero-order valence-electron chi connectivity index (χ0n) is 11.2. The van der Waals surface area contributed by atoms with Crippen molar-refractivity contribution in [3.05, 3.63) is 0 Å². The van der Waals surface area contributed by atoms with E-state index in [-0.39, 0.29) is 17.4 Å². The summed E-state index contributed by atoms with van der Waals surface area (Å²) in [6.45, 7) is 4.64. The van der Waals surface area contributed by atoms with Crippen molar-refractivity contribution in [1.82, 2.24) is 0 Å². The summed E-state index contributed by atoms with van der Waals surface area (Å²) in [6.07, 6.45) is 6.13. The smallest absolute Gasteiger partial charge is 0.0738 e. The van der Waals surface area contributed by atoms with Crippen LogP contribution in [0.5, 0.6) is 0 Å². The highest BCUT2D eigenvalue weighted by atomic mass is 32.2. The Morgan fingerprint density at radius 2 is 1.88 bits per heavy atom. The highest BCUT2D eigenvalue weighted by molar-refractivity contribution is 7.99. The summed E-state index contributed by atoms with van der Waals surface area (Å²) in [5.74, 6) is 2.11. The van der Waals surface area contributed by atoms with Gasteiger partial charge in [-0.3, -0.25) is 0 Å². The predicted octanol–water partition coefficient (Wildman–Crippen LogP) is 2.82. The molecular formula is C14H26O2S. The number of thioether (sulfide) groups is 1. The van der Waals surface area contributed by atoms with Crippen LogP contribution in [0.4, 0.5) is 0 Å². The molecule has 0 aromatic heterocycles. The molecule has 2 N–H and O–H groups in total. The summed E-state index contributed by atoms with van der Waals surface area (Å²) in [7, 11) is 0. The van der Waals surface area contributed by atoms with Crippen molar-refractivity contribution in [2.45, 2.75) is 58.0 Å². The van der Waals surface area contributed by atoms with Crippen LogP contribution in [-0.2, 0) is 0 Å². The monoisotopic (exact) mass is 258 g/mol. The molecule has 1 aliphatic heterocycles. The van der Waals surface area contributed by atoms with E-state index >= 15 is 0 Å². The summed E-state index contributed by atoms with van der Waals surface area (Å²) in [4.78, 5) is 0. The van der Waals surface area contributed by atoms with Gasteiger partial charge in [-0.15, -0.1) is 0 Å². The Kier molecular flexibility index (Phi) is 3.82. The van der Waals surface area contributed by atoms with E-state index in [0.29, 0.717) is 0 Å². The van der Waals surface area contributed by atoms with Crippen LogP contribution in [0.2, 0.25) is 0 Å². The van der Waals surface area contributed by atoms with Gasteiger partial charge in [-0.05, 0) is 43.3 Å². The molecule has 2 unspecified atom stereocenters. The average molecular weight is 258 g/mol. The molecule has 0 radical (unpaired) electrons. The van der Waals surface area contributed by atoms with Gasteiger partial charge >= 0.3 is 0 Å². The lowest BCUT2D eigenvalue weighted by molar-refractivity contribution is -0.146. The van der Waals surface area contributed by atoms with Gasteiger partial charge in [-0.2, -0.15) is 11.8 Å². The Morgan fingerprint density at radius 1 is 1.12 bits per heavy atom. The van der Waals surface area contributed by atoms with Crippen molar-refractivity contribution >= 4 is 11.8 Å². The summed E-state index contributed by atoms with van der Waals surface area (Å²) < 4.78 is 0. The van der Waals surface area contributed by atoms with Gasteiger partial charge in [0.1, 0.15) is 0 Å². The molecule has 0 aromatic carbocycles. The topological polar surface area (TPSA) is 40.5 Å². The summed E-state index contributed by atoms with van der Waals surface area (Å²) in [5.41, 5.74) is -0.665. The fraction of sp³-hybridized carbons (Fsp3) is 1.00. The Balaban J connectivity index is 2.22. The first-order chi connectivity index (χ1) is 7.93. The number of rotatable bonds is 2. The van der Waals surface area contributed by atoms with Crippen LogP contribution in [-0.4, -0.2) is 33.9 Å². The lowest BCUT2D eigenvalue weighted by Crippen LogP contribution is -2.57. The van der Waals surface area contributed by atoms with E-state index in [1.54, 1.807) is 0 Å². The first-order valence-corrected chi connectivity index (χ1v) is 8.00. The summed E-state index contributed by atoms with van der Waals surface area (Å²) in [5, 5.41) is 21.0. The van der Waals surface area contributed by atoms with Gasteiger partial charge in [0.25, 0.3) is 0 Å². The molecule has 0 bridgehead atoms. The van der Waals surface area contributed by atoms with Crippen molar-refractivity contribution < 1.29 is 10.2 Å². The molecular weight excluding hydrogens is 232 g/mol. The van der Waals surface area contributed by atoms with E-state index < -0.39 is 5.60 Å². The third kappa shape index (κ3) is 2.52. The molecule has 1 heterocycles. The third-order valence-electron chi connectivity index (χ3n) is 4.83. The zero-order valence-corrected chi connectivity index (χ0v) is 12.0. The summed E-state index contributed by atoms with van der Waals surface area (Å²) >= 11 is 1.90. The molecule has 1 aliphatic carbocycles. The molecule has 0 aromatic rings. The van der Waals surface area contributed by atoms with E-state index in [0.717, 1.165) is 37.9 Å². The van der Waals surface area contributed by atoms with Gasteiger partial charge in [-0.25, -0.2) is 0 Å². The van der Waals surface area contributed by atoms with Gasteiger partial charge in [0.15, 0.2) is 0 Å². The second-order valence-corrected chi connectivity index (χ2v) is 7.93. The molecule has 2 fully saturated rings. The van der Waals surface area contributed by atoms with Gasteiger partial charge < -0.3 is 10.2 Å². The maximum Gasteiger partial charge on any atom is 0.0738 e. The van der Waals surface area contributed by atoms with Crippen LogP contribution < -0.4 is 0 Å². The second-order valence-electron chi connectivity index (χ2n) is 6.82. The molecule has 2 atom stereocenters. The molecule has 2 rings (SSSR count). The summed E-state index contributed by atoms with van der Waals surface area (Å²) in [6, 6.07) is 0. The van der Waals surface area contributed by atoms with Crippen molar-refractivity contribution in [3.63, 3.8) is 0 Å². The van der Waals surface area contributed by atoms with E-state index in [1.165, 1.54) is 12.2 Å². The minimum atomic E-state index is -0.642. The lowest BCUT2D eigenvalue weighted by atomic mass is 9.58. The van der Waals surface area contributed by atoms with Crippen LogP contribution >= 0.6 is 11.8 Å². The van der Waals surface area contributed by atoms with Crippen molar-refractivity contribution in [3.8, 4) is 0 Å². The predicted molar refractivity (Wildman–Crippen MR) is 73.3 cm³/mol. The second kappa shape index (κ2) is 4.75. The highest BCUT2D eigenvalue weighted by Crippen LogP contribution is 2.53. The van der Waals surface area contributed by atoms with Crippen LogP contribution in [0.1, 0.15) is 52.4 Å². The molecule has 0 spiro atoms. The first-order valence-electron chi connectivity index (χ1n) is 6.84. The quantitative estimate of drug-likeness (QED) is 0.800. The Hall–Kier alpha value is 0.270. The highest BCUT2D eigenvalue weighted by Gasteiger charge is 2.53. The molecule has 17 heavy (non-hydrogen) atoms. The SMILES string of the molecule is CC1(C)CCCC(O)(C2(CO)CCCSC2)C1. The maximum atomic E-state index is 11.1. The van der Waals surface area contributed by atoms with E-state index in [1.807, 2.05) is 11.8 Å². The Labute approximate surface area is 109 Å². The van der Waals surface area contributed by atoms with Crippen LogP contribution in [0.15, 0.2) is 0 Å². The van der Waals surface area contributed by atoms with Crippen molar-refractivity contribution in [2.75, 3.05) is 18.1 Å². The van der Waals surface area contributed by atoms with Crippen molar-refractivity contribution in [1.29, 1.82) is 0 Å². The third-order valence-corrected chi connectivity index (χ3v) is 6.16. The molecule has 2 nitrogen and oxygen atoms in total. The molecule has 2 aliphatic rings. The van der Waals surface area contributed by atoms with Gasteiger partial charge in [0.05, 0.1) is 12.2 Å². The van der Waals surface area contributed by atoms with E-state index in [9.17, 15) is 10.2 Å². The number of aliphatic hydroxyl groups is 2. The van der Waals surface area contributed by atoms with Crippen LogP contribution in [0, 0.1) is 10.8 Å². The molecule has 100 valence electrons. The fourth-order valence-electron chi connectivity index (χ4n) is 3.77. The average Bonchev–Trinajstić information content (AvgIpc) is 2.28. The normalized spacial score (nSPS) is 42.4. The largest absolute Gasteiger partial charge is 0.396 e. The Morgan fingerprint density at radius 3 is 2.41 bits per heavy atom. The van der Waals surface area contributed by atoms with Gasteiger partial charge in [0.2, 0.25) is 0 Å². The Bertz CT molecular complexity index is 271. The van der Waals surface area contributed by atoms with Crippen molar-refractivity contribution in [2.24, 2.45) is 10.8 Å². The van der Waals surface area contributed by atoms with Crippen LogP contribution in [0.25, 0.3) is 0 Å². The minimum Gasteiger partial charge on any atom is -0.396 e. The molecule has 1 saturated heterocycles. The number of hydrogen-bond acceptors (Lipinski definition) is 3. The molecule has 1 saturated carbocycles. The maximum absolute atomic E-state index is 11.1. The lowest BCUT2D eigenvalue weighted by Gasteiger charge is -2.53. The van der Waals surface area contributed by atoms with Gasteiger partial charge in [-0.1, -0.05) is 20.3 Å². The molecule has 0 amide bonds. The molecule has 3 heteroatoms. The van der Waals surface area contributed by atoms with E-state index in [4.69, 9.17) is 0 Å². The van der Waals surface area contributed by atoms with Gasteiger partial charge in [0, 0.05) is 11.2 Å². The number of aliphatic hydroxyl groups excluding tert-OH is 1. The number of hydrogen-bond donors (Lipinski definition) is 2. The van der Waals surface area contributed by atoms with E-state index in [2.05, 4.69) is 13.8 Å². The fourth-order valence-corrected chi connectivity index (χ4v) is 5.16. The standard InChI is InChI=1S/C14H26O2S/c1-12(2)5-3-7-14(16,9-12)13(10-15)6-4-8-17-11-13/h15-16H,3-11H2,1-2H3. The minimum absolute atomic E-state index is 0.145. The zero-order chi connectivity index (χ0) is 12.6. The van der Waals surface area contributed by atoms with Crippen LogP contribution in [0.3, 0.4) is 0 Å².